The van der Waals surface area contributed by atoms with Crippen molar-refractivity contribution in [2.45, 2.75) is 38.1 Å². The molecule has 1 aliphatic rings. The second-order valence-electron chi connectivity index (χ2n) is 9.39. The fraction of sp³-hybridized carbons (Fsp3) is 0.241. The van der Waals surface area contributed by atoms with Gasteiger partial charge in [-0.05, 0) is 30.2 Å². The van der Waals surface area contributed by atoms with Crippen LogP contribution < -0.4 is 0 Å². The molecule has 2 unspecified atom stereocenters. The Morgan fingerprint density at radius 2 is 1.63 bits per heavy atom. The van der Waals surface area contributed by atoms with Gasteiger partial charge in [0.1, 0.15) is 18.1 Å². The fourth-order valence-corrected chi connectivity index (χ4v) is 6.88. The molecule has 0 radical (unpaired) electrons. The lowest BCUT2D eigenvalue weighted by atomic mass is 9.95. The molecule has 9 heteroatoms. The van der Waals surface area contributed by atoms with E-state index in [1.165, 1.54) is 0 Å². The van der Waals surface area contributed by atoms with E-state index in [2.05, 4.69) is 4.98 Å². The topological polar surface area (TPSA) is 107 Å². The minimum atomic E-state index is -4.15. The molecule has 0 bridgehead atoms. The van der Waals surface area contributed by atoms with Gasteiger partial charge in [0.25, 0.3) is 0 Å². The van der Waals surface area contributed by atoms with Crippen LogP contribution in [0, 0.1) is 6.92 Å². The number of aryl methyl sites for hydroxylation is 1. The molecule has 38 heavy (non-hydrogen) atoms. The van der Waals surface area contributed by atoms with E-state index >= 15 is 0 Å². The Bertz CT molecular complexity index is 1540. The summed E-state index contributed by atoms with van der Waals surface area (Å²) < 4.78 is 32.9. The number of nitrogens with zero attached hydrogens (tertiary/aromatic N) is 2. The largest absolute Gasteiger partial charge is 0.477 e. The van der Waals surface area contributed by atoms with Gasteiger partial charge in [0.05, 0.1) is 5.69 Å². The number of carboxylic acid groups (broad SMARTS) is 1. The molecule has 0 aliphatic carbocycles. The van der Waals surface area contributed by atoms with Crippen LogP contribution in [0.2, 0.25) is 0 Å². The summed E-state index contributed by atoms with van der Waals surface area (Å²) in [7, 11) is -4.15. The number of benzene rings is 3. The SMILES string of the molecule is Cc1oc(-c2ccccc2)nc1CCO[N+]1(S(=O)(=O)Cc2ccccc2)Cc2ccccc2CC1C(=O)O. The average Bonchev–Trinajstić information content (AvgIpc) is 3.29. The van der Waals surface area contributed by atoms with Gasteiger partial charge in [-0.1, -0.05) is 76.8 Å². The summed E-state index contributed by atoms with van der Waals surface area (Å²) in [5.74, 6) is -0.500. The lowest BCUT2D eigenvalue weighted by Crippen LogP contribution is -2.64. The number of oxazole rings is 1. The number of quaternary nitrogens is 1. The number of aromatic nitrogens is 1. The fourth-order valence-electron chi connectivity index (χ4n) is 4.92. The van der Waals surface area contributed by atoms with Crippen LogP contribution in [0.25, 0.3) is 11.5 Å². The van der Waals surface area contributed by atoms with Gasteiger partial charge in [-0.25, -0.2) is 9.78 Å². The Labute approximate surface area is 221 Å². The number of hydroxylamine groups is 2. The normalized spacial score (nSPS) is 19.1. The van der Waals surface area contributed by atoms with Gasteiger partial charge in [0.2, 0.25) is 11.9 Å². The molecule has 0 amide bonds. The smallest absolute Gasteiger partial charge is 0.367 e. The Balaban J connectivity index is 1.47. The van der Waals surface area contributed by atoms with E-state index in [0.29, 0.717) is 22.9 Å². The third kappa shape index (κ3) is 5.00. The van der Waals surface area contributed by atoms with Crippen molar-refractivity contribution in [3.63, 3.8) is 0 Å². The Morgan fingerprint density at radius 1 is 1.00 bits per heavy atom. The number of rotatable bonds is 9. The molecule has 196 valence electrons. The Hall–Kier alpha value is -3.79. The number of hydrogen-bond donors (Lipinski definition) is 1. The highest BCUT2D eigenvalue weighted by Gasteiger charge is 2.57. The van der Waals surface area contributed by atoms with Gasteiger partial charge in [-0.15, -0.1) is 0 Å². The van der Waals surface area contributed by atoms with Crippen molar-refractivity contribution >= 4 is 16.0 Å². The molecular weight excluding hydrogens is 504 g/mol. The first-order valence-corrected chi connectivity index (χ1v) is 14.0. The first kappa shape index (κ1) is 25.8. The standard InChI is InChI=1S/C29H28N2O6S/c1-21-26(30-28(37-21)23-12-6-3-7-13-23)16-17-36-31(38(34,35)20-22-10-4-2-5-11-22)19-25-15-9-8-14-24(25)18-27(31)29(32)33/h2-15,27H,16-20H2,1H3/p+1. The highest BCUT2D eigenvalue weighted by atomic mass is 32.2. The lowest BCUT2D eigenvalue weighted by Gasteiger charge is -2.41. The maximum Gasteiger partial charge on any atom is 0.367 e. The van der Waals surface area contributed by atoms with Gasteiger partial charge >= 0.3 is 16.0 Å². The molecule has 4 aromatic rings. The van der Waals surface area contributed by atoms with Gasteiger partial charge < -0.3 is 9.52 Å². The van der Waals surface area contributed by atoms with Crippen molar-refractivity contribution in [1.82, 2.24) is 4.98 Å². The molecule has 2 heterocycles. The van der Waals surface area contributed by atoms with Crippen molar-refractivity contribution in [2.75, 3.05) is 6.61 Å². The molecule has 8 nitrogen and oxygen atoms in total. The molecule has 3 aromatic carbocycles. The van der Waals surface area contributed by atoms with E-state index in [1.54, 1.807) is 37.3 Å². The summed E-state index contributed by atoms with van der Waals surface area (Å²) in [6, 6.07) is 24.2. The Morgan fingerprint density at radius 3 is 2.32 bits per heavy atom. The van der Waals surface area contributed by atoms with E-state index in [9.17, 15) is 18.3 Å². The van der Waals surface area contributed by atoms with Crippen molar-refractivity contribution in [3.05, 3.63) is 113 Å². The third-order valence-corrected chi connectivity index (χ3v) is 9.04. The highest BCUT2D eigenvalue weighted by Crippen LogP contribution is 2.37. The average molecular weight is 534 g/mol. The number of aliphatic carboxylic acids is 1. The van der Waals surface area contributed by atoms with Crippen LogP contribution in [0.4, 0.5) is 0 Å². The first-order valence-electron chi connectivity index (χ1n) is 12.4. The van der Waals surface area contributed by atoms with Crippen LogP contribution in [-0.2, 0) is 44.8 Å². The van der Waals surface area contributed by atoms with Gasteiger partial charge in [-0.3, -0.25) is 0 Å². The van der Waals surface area contributed by atoms with Crippen LogP contribution >= 0.6 is 0 Å². The summed E-state index contributed by atoms with van der Waals surface area (Å²) in [5, 5.41) is 10.2. The van der Waals surface area contributed by atoms with Crippen molar-refractivity contribution in [2.24, 2.45) is 0 Å². The zero-order valence-corrected chi connectivity index (χ0v) is 21.8. The van der Waals surface area contributed by atoms with Crippen LogP contribution in [0.1, 0.15) is 28.1 Å². The summed E-state index contributed by atoms with van der Waals surface area (Å²) in [4.78, 5) is 23.3. The van der Waals surface area contributed by atoms with E-state index in [-0.39, 0.29) is 31.7 Å². The predicted octanol–water partition coefficient (Wildman–Crippen LogP) is 4.68. The van der Waals surface area contributed by atoms with Crippen LogP contribution in [0.5, 0.6) is 0 Å². The highest BCUT2D eigenvalue weighted by molar-refractivity contribution is 7.85. The second kappa shape index (κ2) is 10.5. The summed E-state index contributed by atoms with van der Waals surface area (Å²) in [6.07, 6.45) is 0.303. The zero-order chi connectivity index (χ0) is 26.8. The number of carbonyl (C=O) groups is 1. The molecule has 5 rings (SSSR count). The maximum absolute atomic E-state index is 14.0. The lowest BCUT2D eigenvalue weighted by molar-refractivity contribution is -1.03. The summed E-state index contributed by atoms with van der Waals surface area (Å²) >= 11 is 0. The molecular formula is C29H29N2O6S+. The van der Waals surface area contributed by atoms with Gasteiger partial charge in [0.15, 0.2) is 6.54 Å². The van der Waals surface area contributed by atoms with Crippen LogP contribution in [-0.4, -0.2) is 41.2 Å². The number of carboxylic acids is 1. The molecule has 0 saturated carbocycles. The van der Waals surface area contributed by atoms with Crippen LogP contribution in [0.15, 0.2) is 89.3 Å². The number of fused-ring (bicyclic) bond motifs is 1. The minimum absolute atomic E-state index is 0.0423. The van der Waals surface area contributed by atoms with Crippen LogP contribution in [0.3, 0.4) is 0 Å². The Kier molecular flexibility index (Phi) is 7.16. The molecule has 0 saturated heterocycles. The summed E-state index contributed by atoms with van der Waals surface area (Å²) in [5.41, 5.74) is 3.59. The summed E-state index contributed by atoms with van der Waals surface area (Å²) in [6.45, 7) is 1.64. The molecule has 1 aliphatic heterocycles. The second-order valence-corrected chi connectivity index (χ2v) is 11.5. The molecule has 0 spiro atoms. The molecule has 2 atom stereocenters. The monoisotopic (exact) mass is 533 g/mol. The molecule has 0 fully saturated rings. The molecule has 1 N–H and O–H groups in total. The number of sulfonamides is 1. The predicted molar refractivity (Wildman–Crippen MR) is 141 cm³/mol. The van der Waals surface area contributed by atoms with Gasteiger partial charge in [-0.2, -0.15) is 13.3 Å². The van der Waals surface area contributed by atoms with E-state index in [0.717, 1.165) is 16.7 Å². The minimum Gasteiger partial charge on any atom is -0.477 e. The first-order chi connectivity index (χ1) is 18.3. The van der Waals surface area contributed by atoms with Crippen molar-refractivity contribution < 1.29 is 31.6 Å². The molecule has 1 aromatic heterocycles. The number of hydrogen-bond acceptors (Lipinski definition) is 6. The van der Waals surface area contributed by atoms with Crippen molar-refractivity contribution in [3.8, 4) is 11.5 Å². The zero-order valence-electron chi connectivity index (χ0n) is 21.0. The van der Waals surface area contributed by atoms with E-state index < -0.39 is 26.1 Å². The van der Waals surface area contributed by atoms with Crippen molar-refractivity contribution in [1.29, 1.82) is 0 Å². The van der Waals surface area contributed by atoms with E-state index in [4.69, 9.17) is 9.25 Å². The van der Waals surface area contributed by atoms with E-state index in [1.807, 2.05) is 54.6 Å². The maximum atomic E-state index is 14.0. The quantitative estimate of drug-likeness (QED) is 0.311. The van der Waals surface area contributed by atoms with Gasteiger partial charge in [0, 0.05) is 24.0 Å². The third-order valence-electron chi connectivity index (χ3n) is 6.91.